The van der Waals surface area contributed by atoms with Crippen molar-refractivity contribution in [1.82, 2.24) is 4.98 Å². The summed E-state index contributed by atoms with van der Waals surface area (Å²) < 4.78 is 0. The first-order valence-electron chi connectivity index (χ1n) is 6.60. The Kier molecular flexibility index (Phi) is 4.58. The molecule has 6 heteroatoms. The Bertz CT molecular complexity index is 467. The van der Waals surface area contributed by atoms with Gasteiger partial charge in [0.15, 0.2) is 0 Å². The molecule has 104 valence electrons. The summed E-state index contributed by atoms with van der Waals surface area (Å²) in [5, 5.41) is 14.1. The highest BCUT2D eigenvalue weighted by Crippen LogP contribution is 2.29. The molecule has 0 saturated heterocycles. The lowest BCUT2D eigenvalue weighted by Gasteiger charge is -2.26. The molecular formula is C13H18ClN3O2. The fraction of sp³-hybridized carbons (Fsp3) is 0.615. The summed E-state index contributed by atoms with van der Waals surface area (Å²) >= 11 is 5.78. The minimum Gasteiger partial charge on any atom is -0.370 e. The van der Waals surface area contributed by atoms with Gasteiger partial charge in [-0.25, -0.2) is 4.98 Å². The normalized spacial score (nSPS) is 23.1. The molecule has 0 amide bonds. The first-order chi connectivity index (χ1) is 9.04. The van der Waals surface area contributed by atoms with Crippen molar-refractivity contribution in [2.45, 2.75) is 32.6 Å². The van der Waals surface area contributed by atoms with E-state index in [4.69, 9.17) is 11.6 Å². The molecule has 0 radical (unpaired) electrons. The van der Waals surface area contributed by atoms with E-state index in [-0.39, 0.29) is 10.8 Å². The second kappa shape index (κ2) is 6.19. The lowest BCUT2D eigenvalue weighted by atomic mass is 9.82. The molecular weight excluding hydrogens is 266 g/mol. The maximum atomic E-state index is 10.7. The summed E-state index contributed by atoms with van der Waals surface area (Å²) in [6, 6.07) is 2.69. The second-order valence-corrected chi connectivity index (χ2v) is 5.70. The van der Waals surface area contributed by atoms with Gasteiger partial charge in [0.05, 0.1) is 17.1 Å². The molecule has 2 rings (SSSR count). The van der Waals surface area contributed by atoms with E-state index in [9.17, 15) is 10.1 Å². The number of hydrogen-bond donors (Lipinski definition) is 1. The van der Waals surface area contributed by atoms with E-state index < -0.39 is 4.92 Å². The molecule has 0 aromatic carbocycles. The van der Waals surface area contributed by atoms with Crippen LogP contribution in [0.15, 0.2) is 12.1 Å². The van der Waals surface area contributed by atoms with E-state index in [1.165, 1.54) is 37.8 Å². The molecule has 1 aromatic heterocycles. The fourth-order valence-corrected chi connectivity index (χ4v) is 2.88. The molecule has 1 aromatic rings. The number of nitrogens with one attached hydrogen (secondary N) is 1. The highest BCUT2D eigenvalue weighted by Gasteiger charge is 2.19. The molecule has 1 aliphatic rings. The van der Waals surface area contributed by atoms with Crippen LogP contribution in [-0.4, -0.2) is 16.5 Å². The molecule has 1 fully saturated rings. The summed E-state index contributed by atoms with van der Waals surface area (Å²) in [4.78, 5) is 14.4. The van der Waals surface area contributed by atoms with Gasteiger partial charge in [0.25, 0.3) is 5.69 Å². The number of anilines is 1. The molecule has 1 heterocycles. The van der Waals surface area contributed by atoms with Crippen LogP contribution in [0.2, 0.25) is 5.15 Å². The van der Waals surface area contributed by atoms with Crippen LogP contribution in [0.5, 0.6) is 0 Å². The van der Waals surface area contributed by atoms with Crippen LogP contribution < -0.4 is 5.32 Å². The zero-order valence-electron chi connectivity index (χ0n) is 10.9. The van der Waals surface area contributed by atoms with Crippen molar-refractivity contribution in [3.05, 3.63) is 27.4 Å². The lowest BCUT2D eigenvalue weighted by Crippen LogP contribution is -2.21. The van der Waals surface area contributed by atoms with E-state index in [0.717, 1.165) is 12.5 Å². The summed E-state index contributed by atoms with van der Waals surface area (Å²) in [5.74, 6) is 1.86. The first-order valence-corrected chi connectivity index (χ1v) is 6.98. The predicted molar refractivity (Wildman–Crippen MR) is 75.5 cm³/mol. The van der Waals surface area contributed by atoms with Gasteiger partial charge in [-0.2, -0.15) is 0 Å². The van der Waals surface area contributed by atoms with Crippen molar-refractivity contribution in [1.29, 1.82) is 0 Å². The highest BCUT2D eigenvalue weighted by molar-refractivity contribution is 6.29. The van der Waals surface area contributed by atoms with Crippen molar-refractivity contribution < 1.29 is 4.92 Å². The Hall–Kier alpha value is -1.36. The largest absolute Gasteiger partial charge is 0.370 e. The Morgan fingerprint density at radius 2 is 2.32 bits per heavy atom. The van der Waals surface area contributed by atoms with Gasteiger partial charge in [-0.15, -0.1) is 0 Å². The SMILES string of the molecule is CC1CCCC(CNc2cc([N+](=O)[O-])cc(Cl)n2)C1. The van der Waals surface area contributed by atoms with Crippen LogP contribution >= 0.6 is 11.6 Å². The monoisotopic (exact) mass is 283 g/mol. The van der Waals surface area contributed by atoms with Gasteiger partial charge in [0.2, 0.25) is 0 Å². The maximum absolute atomic E-state index is 10.7. The Balaban J connectivity index is 1.97. The van der Waals surface area contributed by atoms with Gasteiger partial charge < -0.3 is 5.32 Å². The number of rotatable bonds is 4. The van der Waals surface area contributed by atoms with Gasteiger partial charge in [0, 0.05) is 6.54 Å². The molecule has 5 nitrogen and oxygen atoms in total. The topological polar surface area (TPSA) is 68.1 Å². The van der Waals surface area contributed by atoms with Gasteiger partial charge in [0.1, 0.15) is 11.0 Å². The Morgan fingerprint density at radius 1 is 1.53 bits per heavy atom. The molecule has 1 aliphatic carbocycles. The van der Waals surface area contributed by atoms with Gasteiger partial charge >= 0.3 is 0 Å². The van der Waals surface area contributed by atoms with Gasteiger partial charge in [-0.1, -0.05) is 31.4 Å². The number of halogens is 1. The number of hydrogen-bond acceptors (Lipinski definition) is 4. The lowest BCUT2D eigenvalue weighted by molar-refractivity contribution is -0.384. The summed E-state index contributed by atoms with van der Waals surface area (Å²) in [5.41, 5.74) is -0.0282. The second-order valence-electron chi connectivity index (χ2n) is 5.31. The van der Waals surface area contributed by atoms with E-state index in [2.05, 4.69) is 17.2 Å². The fourth-order valence-electron chi connectivity index (χ4n) is 2.67. The van der Waals surface area contributed by atoms with Crippen LogP contribution in [-0.2, 0) is 0 Å². The zero-order chi connectivity index (χ0) is 13.8. The third kappa shape index (κ3) is 4.06. The van der Waals surface area contributed by atoms with Crippen molar-refractivity contribution in [3.8, 4) is 0 Å². The number of nitro groups is 1. The van der Waals surface area contributed by atoms with Crippen LogP contribution in [0.1, 0.15) is 32.6 Å². The van der Waals surface area contributed by atoms with Crippen LogP contribution in [0, 0.1) is 22.0 Å². The minimum absolute atomic E-state index is 0.0282. The van der Waals surface area contributed by atoms with E-state index in [1.54, 1.807) is 0 Å². The van der Waals surface area contributed by atoms with E-state index >= 15 is 0 Å². The predicted octanol–water partition coefficient (Wildman–Crippen LogP) is 3.88. The summed E-state index contributed by atoms with van der Waals surface area (Å²) in [6.45, 7) is 3.07. The number of pyridine rings is 1. The average molecular weight is 284 g/mol. The van der Waals surface area contributed by atoms with Crippen molar-refractivity contribution >= 4 is 23.1 Å². The first kappa shape index (κ1) is 14.1. The molecule has 0 aliphatic heterocycles. The van der Waals surface area contributed by atoms with Crippen molar-refractivity contribution in [2.75, 3.05) is 11.9 Å². The number of nitrogens with zero attached hydrogens (tertiary/aromatic N) is 2. The average Bonchev–Trinajstić information content (AvgIpc) is 2.36. The van der Waals surface area contributed by atoms with Crippen LogP contribution in [0.4, 0.5) is 11.5 Å². The van der Waals surface area contributed by atoms with Crippen LogP contribution in [0.25, 0.3) is 0 Å². The highest BCUT2D eigenvalue weighted by atomic mass is 35.5. The molecule has 19 heavy (non-hydrogen) atoms. The maximum Gasteiger partial charge on any atom is 0.276 e. The number of aromatic nitrogens is 1. The molecule has 2 unspecified atom stereocenters. The summed E-state index contributed by atoms with van der Waals surface area (Å²) in [6.07, 6.45) is 4.98. The zero-order valence-corrected chi connectivity index (χ0v) is 11.7. The van der Waals surface area contributed by atoms with Crippen LogP contribution in [0.3, 0.4) is 0 Å². The Morgan fingerprint density at radius 3 is 3.00 bits per heavy atom. The van der Waals surface area contributed by atoms with Gasteiger partial charge in [-0.05, 0) is 24.7 Å². The molecule has 2 atom stereocenters. The molecule has 0 bridgehead atoms. The third-order valence-electron chi connectivity index (χ3n) is 3.61. The minimum atomic E-state index is -0.457. The molecule has 1 saturated carbocycles. The quantitative estimate of drug-likeness (QED) is 0.517. The van der Waals surface area contributed by atoms with E-state index in [0.29, 0.717) is 11.7 Å². The molecule has 1 N–H and O–H groups in total. The van der Waals surface area contributed by atoms with Crippen molar-refractivity contribution in [2.24, 2.45) is 11.8 Å². The smallest absolute Gasteiger partial charge is 0.276 e. The third-order valence-corrected chi connectivity index (χ3v) is 3.80. The summed E-state index contributed by atoms with van der Waals surface area (Å²) in [7, 11) is 0. The standard InChI is InChI=1S/C13H18ClN3O2/c1-9-3-2-4-10(5-9)8-15-13-7-11(17(18)19)6-12(14)16-13/h6-7,9-10H,2-5,8H2,1H3,(H,15,16). The Labute approximate surface area is 117 Å². The van der Waals surface area contributed by atoms with Gasteiger partial charge in [-0.3, -0.25) is 10.1 Å². The van der Waals surface area contributed by atoms with Crippen molar-refractivity contribution in [3.63, 3.8) is 0 Å². The van der Waals surface area contributed by atoms with E-state index in [1.807, 2.05) is 0 Å². The molecule has 0 spiro atoms.